The standard InChI is InChI=1S/C8H8.C3H7.Al/c1-2-8-6-4-3-5-7-8;1-3-2;/h3-6H,1-2H2;1,3H2,2H3;. The number of aryl methyl sites for hydroxylation is 1. The molecule has 0 atom stereocenters. The van der Waals surface area contributed by atoms with E-state index >= 15 is 0 Å². The van der Waals surface area contributed by atoms with Gasteiger partial charge in [0.2, 0.25) is 0 Å². The van der Waals surface area contributed by atoms with Crippen LogP contribution in [0.15, 0.2) is 24.3 Å². The number of benzene rings is 1. The highest BCUT2D eigenvalue weighted by molar-refractivity contribution is 6.74. The molecule has 0 bridgehead atoms. The van der Waals surface area contributed by atoms with E-state index in [1.54, 1.807) is 9.99 Å². The van der Waals surface area contributed by atoms with Crippen molar-refractivity contribution in [3.63, 3.8) is 0 Å². The first-order valence-electron chi connectivity index (χ1n) is 4.99. The maximum Gasteiger partial charge on any atom is 0.306 e. The van der Waals surface area contributed by atoms with Crippen LogP contribution in [-0.4, -0.2) is 14.1 Å². The second kappa shape index (κ2) is 3.64. The van der Waals surface area contributed by atoms with Gasteiger partial charge >= 0.3 is 14.1 Å². The van der Waals surface area contributed by atoms with Crippen LogP contribution in [0.4, 0.5) is 0 Å². The lowest BCUT2D eigenvalue weighted by Gasteiger charge is -2.02. The van der Waals surface area contributed by atoms with Gasteiger partial charge in [-0.1, -0.05) is 53.7 Å². The third kappa shape index (κ3) is 1.44. The third-order valence-electron chi connectivity index (χ3n) is 2.89. The summed E-state index contributed by atoms with van der Waals surface area (Å²) in [5.74, 6) is 0. The molecule has 1 aliphatic rings. The van der Waals surface area contributed by atoms with Crippen molar-refractivity contribution in [1.82, 2.24) is 0 Å². The molecule has 2 rings (SSSR count). The Morgan fingerprint density at radius 2 is 2.17 bits per heavy atom. The predicted molar refractivity (Wildman–Crippen MR) is 55.4 cm³/mol. The molecule has 62 valence electrons. The van der Waals surface area contributed by atoms with Gasteiger partial charge in [-0.15, -0.1) is 4.43 Å². The second-order valence-corrected chi connectivity index (χ2v) is 6.89. The molecule has 12 heavy (non-hydrogen) atoms. The zero-order valence-corrected chi connectivity index (χ0v) is 8.87. The molecule has 1 aliphatic heterocycles. The lowest BCUT2D eigenvalue weighted by atomic mass is 10.2. The Hall–Kier alpha value is -0.248. The molecule has 0 amide bonds. The van der Waals surface area contributed by atoms with Crippen molar-refractivity contribution >= 4 is 18.6 Å². The minimum atomic E-state index is -0.479. The number of hydrogen-bond donors (Lipinski definition) is 0. The summed E-state index contributed by atoms with van der Waals surface area (Å²) in [6.07, 6.45) is 2.75. The largest absolute Gasteiger partial charge is 0.306 e. The van der Waals surface area contributed by atoms with Gasteiger partial charge in [-0.05, 0) is 6.42 Å². The molecule has 0 unspecified atom stereocenters. The van der Waals surface area contributed by atoms with Gasteiger partial charge in [0.15, 0.2) is 0 Å². The summed E-state index contributed by atoms with van der Waals surface area (Å²) in [5, 5.41) is 3.03. The van der Waals surface area contributed by atoms with Crippen molar-refractivity contribution in [3.8, 4) is 0 Å². The molecular formula is C11H15Al. The van der Waals surface area contributed by atoms with Gasteiger partial charge in [0.05, 0.1) is 0 Å². The summed E-state index contributed by atoms with van der Waals surface area (Å²) < 4.78 is 1.76. The van der Waals surface area contributed by atoms with Crippen LogP contribution in [0.5, 0.6) is 0 Å². The van der Waals surface area contributed by atoms with E-state index < -0.39 is 14.1 Å². The molecule has 0 radical (unpaired) electrons. The zero-order chi connectivity index (χ0) is 8.39. The van der Waals surface area contributed by atoms with Crippen molar-refractivity contribution in [2.75, 3.05) is 0 Å². The molecule has 1 aromatic carbocycles. The number of hydrogen-bond acceptors (Lipinski definition) is 0. The Morgan fingerprint density at radius 3 is 3.00 bits per heavy atom. The molecule has 1 heterocycles. The Labute approximate surface area is 79.0 Å². The van der Waals surface area contributed by atoms with E-state index in [0.29, 0.717) is 0 Å². The van der Waals surface area contributed by atoms with Crippen LogP contribution in [0.2, 0.25) is 10.6 Å². The monoisotopic (exact) mass is 174 g/mol. The first-order chi connectivity index (χ1) is 5.92. The summed E-state index contributed by atoms with van der Waals surface area (Å²) >= 11 is -0.479. The van der Waals surface area contributed by atoms with Crippen LogP contribution in [0.1, 0.15) is 18.9 Å². The average molecular weight is 174 g/mol. The first-order valence-corrected chi connectivity index (χ1v) is 7.20. The van der Waals surface area contributed by atoms with Gasteiger partial charge in [0.25, 0.3) is 0 Å². The van der Waals surface area contributed by atoms with Gasteiger partial charge in [0.1, 0.15) is 0 Å². The van der Waals surface area contributed by atoms with Crippen LogP contribution >= 0.6 is 0 Å². The van der Waals surface area contributed by atoms with Gasteiger partial charge in [-0.25, -0.2) is 0 Å². The Kier molecular flexibility index (Phi) is 2.54. The smallest absolute Gasteiger partial charge is 0.107 e. The van der Waals surface area contributed by atoms with E-state index in [-0.39, 0.29) is 0 Å². The molecule has 1 aromatic rings. The van der Waals surface area contributed by atoms with Crippen LogP contribution in [-0.2, 0) is 6.42 Å². The molecule has 0 aliphatic carbocycles. The molecule has 0 aromatic heterocycles. The summed E-state index contributed by atoms with van der Waals surface area (Å²) in [6.45, 7) is 2.31. The fourth-order valence-electron chi connectivity index (χ4n) is 2.29. The van der Waals surface area contributed by atoms with Crippen molar-refractivity contribution in [3.05, 3.63) is 29.8 Å². The summed E-state index contributed by atoms with van der Waals surface area (Å²) in [4.78, 5) is 0. The van der Waals surface area contributed by atoms with Gasteiger partial charge < -0.3 is 0 Å². The fraction of sp³-hybridized carbons (Fsp3) is 0.455. The first kappa shape index (κ1) is 8.36. The Bertz CT molecular complexity index is 265. The fourth-order valence-corrected chi connectivity index (χ4v) is 5.71. The summed E-state index contributed by atoms with van der Waals surface area (Å²) in [6, 6.07) is 9.08. The highest BCUT2D eigenvalue weighted by atomic mass is 27.2. The second-order valence-electron chi connectivity index (χ2n) is 3.72. The molecular weight excluding hydrogens is 159 g/mol. The maximum absolute atomic E-state index is 2.37. The van der Waals surface area contributed by atoms with Crippen molar-refractivity contribution < 1.29 is 0 Å². The molecule has 0 saturated carbocycles. The van der Waals surface area contributed by atoms with E-state index in [4.69, 9.17) is 0 Å². The third-order valence-corrected chi connectivity index (χ3v) is 6.60. The normalized spacial score (nSPS) is 14.9. The van der Waals surface area contributed by atoms with Crippen LogP contribution in [0, 0.1) is 0 Å². The van der Waals surface area contributed by atoms with E-state index in [1.165, 1.54) is 23.4 Å². The molecule has 0 fully saturated rings. The van der Waals surface area contributed by atoms with E-state index in [2.05, 4.69) is 31.2 Å². The minimum absolute atomic E-state index is 0.479. The maximum atomic E-state index is 2.37. The van der Waals surface area contributed by atoms with E-state index in [9.17, 15) is 0 Å². The highest BCUT2D eigenvalue weighted by Gasteiger charge is 2.26. The minimum Gasteiger partial charge on any atom is -0.107 e. The summed E-state index contributed by atoms with van der Waals surface area (Å²) in [7, 11) is 0. The van der Waals surface area contributed by atoms with Gasteiger partial charge in [-0.3, -0.25) is 0 Å². The molecule has 0 nitrogen and oxygen atoms in total. The van der Waals surface area contributed by atoms with E-state index in [0.717, 1.165) is 0 Å². The van der Waals surface area contributed by atoms with Crippen molar-refractivity contribution in [1.29, 1.82) is 0 Å². The Morgan fingerprint density at radius 1 is 1.33 bits per heavy atom. The zero-order valence-electron chi connectivity index (χ0n) is 7.72. The van der Waals surface area contributed by atoms with Gasteiger partial charge in [0, 0.05) is 0 Å². The lowest BCUT2D eigenvalue weighted by molar-refractivity contribution is 1.05. The number of rotatable bonds is 2. The highest BCUT2D eigenvalue weighted by Crippen LogP contribution is 2.17. The lowest BCUT2D eigenvalue weighted by Crippen LogP contribution is -2.25. The number of fused-ring (bicyclic) bond motifs is 1. The van der Waals surface area contributed by atoms with Crippen LogP contribution in [0.3, 0.4) is 0 Å². The molecule has 0 saturated heterocycles. The summed E-state index contributed by atoms with van der Waals surface area (Å²) in [5.41, 5.74) is 1.66. The van der Waals surface area contributed by atoms with Gasteiger partial charge in [-0.2, -0.15) is 0 Å². The Balaban J connectivity index is 2.24. The molecule has 1 heteroatoms. The van der Waals surface area contributed by atoms with Crippen molar-refractivity contribution in [2.24, 2.45) is 0 Å². The SMILES string of the molecule is CC[CH2][Al]1[CH2]Cc2cccc[c]21. The quantitative estimate of drug-likeness (QED) is 0.604. The molecule has 0 N–H and O–H groups in total. The topological polar surface area (TPSA) is 0 Å². The average Bonchev–Trinajstić information content (AvgIpc) is 2.50. The van der Waals surface area contributed by atoms with E-state index in [1.807, 2.05) is 0 Å². The predicted octanol–water partition coefficient (Wildman–Crippen LogP) is 2.35. The molecule has 0 spiro atoms. The van der Waals surface area contributed by atoms with Crippen molar-refractivity contribution in [2.45, 2.75) is 30.3 Å². The van der Waals surface area contributed by atoms with Crippen LogP contribution < -0.4 is 4.43 Å². The van der Waals surface area contributed by atoms with Crippen LogP contribution in [0.25, 0.3) is 0 Å².